The molecule has 0 unspecified atom stereocenters. The summed E-state index contributed by atoms with van der Waals surface area (Å²) in [6.45, 7) is 11.9. The highest BCUT2D eigenvalue weighted by molar-refractivity contribution is 6.20. The quantitative estimate of drug-likeness (QED) is 0.777. The van der Waals surface area contributed by atoms with E-state index in [1.807, 2.05) is 40.7 Å². The molecule has 26 heavy (non-hydrogen) atoms. The first-order valence-corrected chi connectivity index (χ1v) is 8.71. The second-order valence-electron chi connectivity index (χ2n) is 7.12. The number of rotatable bonds is 3. The molecule has 1 aliphatic heterocycles. The van der Waals surface area contributed by atoms with Crippen LogP contribution in [0.5, 0.6) is 5.75 Å². The van der Waals surface area contributed by atoms with Gasteiger partial charge >= 0.3 is 7.69 Å². The van der Waals surface area contributed by atoms with Crippen molar-refractivity contribution in [3.05, 3.63) is 69.2 Å². The number of H-pyrrole nitrogens is 1. The van der Waals surface area contributed by atoms with Crippen LogP contribution < -0.4 is 0 Å². The molecule has 0 amide bonds. The van der Waals surface area contributed by atoms with E-state index < -0.39 is 0 Å². The summed E-state index contributed by atoms with van der Waals surface area (Å²) >= 11 is 0. The van der Waals surface area contributed by atoms with Crippen LogP contribution in [0.4, 0.5) is 4.32 Å². The minimum Gasteiger partial charge on any atom is -0.508 e. The number of aromatic amines is 1. The minimum absolute atomic E-state index is 0.239. The Morgan fingerprint density at radius 2 is 1.62 bits per heavy atom. The van der Waals surface area contributed by atoms with Gasteiger partial charge in [0.1, 0.15) is 5.75 Å². The van der Waals surface area contributed by atoms with Gasteiger partial charge in [0, 0.05) is 24.3 Å². The number of aromatic hydroxyl groups is 1. The van der Waals surface area contributed by atoms with Crippen LogP contribution in [0.3, 0.4) is 0 Å². The number of allylic oxidation sites excluding steroid dienone is 2. The van der Waals surface area contributed by atoms with Crippen molar-refractivity contribution in [2.75, 3.05) is 0 Å². The van der Waals surface area contributed by atoms with Crippen LogP contribution in [-0.4, -0.2) is 28.0 Å². The maximum Gasteiger partial charge on any atom is 0.792 e. The van der Waals surface area contributed by atoms with Crippen LogP contribution in [0.2, 0.25) is 0 Å². The highest BCUT2D eigenvalue weighted by Gasteiger charge is 2.34. The van der Waals surface area contributed by atoms with E-state index in [-0.39, 0.29) is 5.75 Å². The topological polar surface area (TPSA) is 39.0 Å². The molecule has 0 saturated carbocycles. The smallest absolute Gasteiger partial charge is 0.508 e. The van der Waals surface area contributed by atoms with Gasteiger partial charge < -0.3 is 10.1 Å². The molecular formula is C21H24BFN2O+. The van der Waals surface area contributed by atoms with Gasteiger partial charge in [0.2, 0.25) is 0 Å². The van der Waals surface area contributed by atoms with E-state index in [0.717, 1.165) is 56.2 Å². The van der Waals surface area contributed by atoms with Crippen LogP contribution in [-0.2, 0) is 0 Å². The van der Waals surface area contributed by atoms with E-state index in [2.05, 4.69) is 18.0 Å². The number of aromatic nitrogens is 1. The lowest BCUT2D eigenvalue weighted by Gasteiger charge is -2.17. The van der Waals surface area contributed by atoms with E-state index in [4.69, 9.17) is 0 Å². The van der Waals surface area contributed by atoms with Gasteiger partial charge in [0.15, 0.2) is 11.4 Å². The molecule has 0 bridgehead atoms. The number of halogens is 1. The maximum atomic E-state index is 13.8. The van der Waals surface area contributed by atoms with Crippen molar-refractivity contribution in [1.29, 1.82) is 0 Å². The monoisotopic (exact) mass is 350 g/mol. The Morgan fingerprint density at radius 1 is 1.00 bits per heavy atom. The van der Waals surface area contributed by atoms with E-state index >= 15 is 0 Å². The van der Waals surface area contributed by atoms with E-state index in [9.17, 15) is 9.42 Å². The van der Waals surface area contributed by atoms with Crippen molar-refractivity contribution in [2.24, 2.45) is 0 Å². The summed E-state index contributed by atoms with van der Waals surface area (Å²) in [6.07, 6.45) is 1.99. The standard InChI is InChI=1S/C21H24BFN2O/c1-11-9-17(26)10-12(2)18(11)19(20-13(3)7-15(5)24-20)21-14(4)8-16(6)25(21)22-23/h7-10,24,26H,1-6H3/q+1. The molecule has 0 saturated heterocycles. The molecule has 1 aromatic carbocycles. The first-order chi connectivity index (χ1) is 12.2. The lowest BCUT2D eigenvalue weighted by atomic mass is 9.88. The average Bonchev–Trinajstić information content (AvgIpc) is 3.00. The fraction of sp³-hybridized carbons (Fsp3) is 0.286. The number of hydrogen-bond acceptors (Lipinski definition) is 1. The van der Waals surface area contributed by atoms with Gasteiger partial charge in [0.25, 0.3) is 0 Å². The molecule has 0 spiro atoms. The Kier molecular flexibility index (Phi) is 4.65. The summed E-state index contributed by atoms with van der Waals surface area (Å²) in [4.78, 5) is 3.45. The molecule has 2 heterocycles. The SMILES string of the molecule is CC1=CC(C)=[N+]([B]F)/C1=C(\c1[nH]c(C)cc1C)c1c(C)cc(O)cc1C. The zero-order chi connectivity index (χ0) is 19.2. The Bertz CT molecular complexity index is 972. The molecule has 2 N–H and O–H groups in total. The number of phenolic OH excluding ortho intramolecular Hbond substituents is 1. The lowest BCUT2D eigenvalue weighted by Crippen LogP contribution is -2.17. The van der Waals surface area contributed by atoms with Crippen molar-refractivity contribution >= 4 is 19.0 Å². The zero-order valence-corrected chi connectivity index (χ0v) is 16.2. The minimum atomic E-state index is 0.239. The number of benzene rings is 1. The van der Waals surface area contributed by atoms with E-state index in [1.54, 1.807) is 16.6 Å². The van der Waals surface area contributed by atoms with Gasteiger partial charge in [-0.3, -0.25) is 0 Å². The summed E-state index contributed by atoms with van der Waals surface area (Å²) in [5.74, 6) is 0.239. The van der Waals surface area contributed by atoms with Gasteiger partial charge in [-0.05, 0) is 75.1 Å². The van der Waals surface area contributed by atoms with Crippen molar-refractivity contribution in [2.45, 2.75) is 41.5 Å². The molecule has 3 rings (SSSR count). The van der Waals surface area contributed by atoms with E-state index in [1.165, 1.54) is 0 Å². The summed E-state index contributed by atoms with van der Waals surface area (Å²) in [6, 6.07) is 5.60. The molecule has 1 aliphatic rings. The Labute approximate surface area is 154 Å². The summed E-state index contributed by atoms with van der Waals surface area (Å²) in [7, 11) is 0.619. The molecule has 2 aromatic rings. The highest BCUT2D eigenvalue weighted by atomic mass is 19.1. The molecule has 0 atom stereocenters. The van der Waals surface area contributed by atoms with Crippen LogP contribution >= 0.6 is 0 Å². The largest absolute Gasteiger partial charge is 0.792 e. The second-order valence-corrected chi connectivity index (χ2v) is 7.12. The normalized spacial score (nSPS) is 16.2. The van der Waals surface area contributed by atoms with Crippen molar-refractivity contribution in [3.63, 3.8) is 0 Å². The van der Waals surface area contributed by atoms with Crippen molar-refractivity contribution < 1.29 is 13.9 Å². The van der Waals surface area contributed by atoms with E-state index in [0.29, 0.717) is 7.69 Å². The third-order valence-corrected chi connectivity index (χ3v) is 4.92. The molecule has 1 aromatic heterocycles. The molecular weight excluding hydrogens is 326 g/mol. The first kappa shape index (κ1) is 18.2. The molecule has 133 valence electrons. The van der Waals surface area contributed by atoms with Gasteiger partial charge in [0.05, 0.1) is 11.3 Å². The highest BCUT2D eigenvalue weighted by Crippen LogP contribution is 2.38. The second kappa shape index (κ2) is 6.63. The van der Waals surface area contributed by atoms with Crippen LogP contribution in [0.15, 0.2) is 35.5 Å². The number of nitrogens with one attached hydrogen (secondary N) is 1. The van der Waals surface area contributed by atoms with Crippen LogP contribution in [0, 0.1) is 27.7 Å². The number of nitrogens with zero attached hydrogens (tertiary/aromatic N) is 1. The number of aryl methyl sites for hydroxylation is 4. The molecule has 5 heteroatoms. The van der Waals surface area contributed by atoms with Gasteiger partial charge in [-0.2, -0.15) is 0 Å². The fourth-order valence-electron chi connectivity index (χ4n) is 3.95. The van der Waals surface area contributed by atoms with Crippen molar-refractivity contribution in [1.82, 2.24) is 4.98 Å². The Hall–Kier alpha value is -2.56. The summed E-state index contributed by atoms with van der Waals surface area (Å²) in [5, 5.41) is 9.97. The third kappa shape index (κ3) is 2.92. The predicted molar refractivity (Wildman–Crippen MR) is 105 cm³/mol. The summed E-state index contributed by atoms with van der Waals surface area (Å²) in [5.41, 5.74) is 9.67. The molecule has 0 aliphatic carbocycles. The van der Waals surface area contributed by atoms with Crippen LogP contribution in [0.25, 0.3) is 5.57 Å². The van der Waals surface area contributed by atoms with Gasteiger partial charge in [-0.25, -0.2) is 8.80 Å². The van der Waals surface area contributed by atoms with Crippen molar-refractivity contribution in [3.8, 4) is 5.75 Å². The molecule has 3 nitrogen and oxygen atoms in total. The Morgan fingerprint density at radius 3 is 2.12 bits per heavy atom. The lowest BCUT2D eigenvalue weighted by molar-refractivity contribution is -0.320. The Balaban J connectivity index is 2.46. The van der Waals surface area contributed by atoms with Gasteiger partial charge in [-0.1, -0.05) is 0 Å². The fourth-order valence-corrected chi connectivity index (χ4v) is 3.95. The maximum absolute atomic E-state index is 13.8. The predicted octanol–water partition coefficient (Wildman–Crippen LogP) is 4.65. The average molecular weight is 350 g/mol. The number of hydrogen-bond donors (Lipinski definition) is 2. The molecule has 1 radical (unpaired) electrons. The first-order valence-electron chi connectivity index (χ1n) is 8.71. The summed E-state index contributed by atoms with van der Waals surface area (Å²) < 4.78 is 15.4. The van der Waals surface area contributed by atoms with Crippen LogP contribution in [0.1, 0.15) is 47.5 Å². The number of phenols is 1. The third-order valence-electron chi connectivity index (χ3n) is 4.92. The zero-order valence-electron chi connectivity index (χ0n) is 16.2. The molecule has 0 fully saturated rings. The van der Waals surface area contributed by atoms with Gasteiger partial charge in [-0.15, -0.1) is 0 Å².